The van der Waals surface area contributed by atoms with E-state index in [4.69, 9.17) is 9.47 Å². The highest BCUT2D eigenvalue weighted by Gasteiger charge is 2.55. The van der Waals surface area contributed by atoms with Crippen LogP contribution in [0.5, 0.6) is 5.75 Å². The number of benzene rings is 1. The van der Waals surface area contributed by atoms with E-state index in [1.807, 2.05) is 24.3 Å². The lowest BCUT2D eigenvalue weighted by molar-refractivity contribution is -0.0306. The van der Waals surface area contributed by atoms with Crippen molar-refractivity contribution in [1.82, 2.24) is 15.1 Å². The van der Waals surface area contributed by atoms with Gasteiger partial charge in [0.15, 0.2) is 5.72 Å². The van der Waals surface area contributed by atoms with E-state index in [1.54, 1.807) is 18.2 Å². The SMILES string of the molecule is COc1ccc([C@]23OCCN2C(=O)c2cnncc23)cc1. The quantitative estimate of drug-likeness (QED) is 0.828. The molecular weight excluding hydrogens is 270 g/mol. The van der Waals surface area contributed by atoms with Crippen LogP contribution in [-0.4, -0.2) is 41.3 Å². The van der Waals surface area contributed by atoms with Crippen LogP contribution < -0.4 is 4.74 Å². The third kappa shape index (κ3) is 1.48. The molecule has 4 rings (SSSR count). The van der Waals surface area contributed by atoms with Gasteiger partial charge in [-0.1, -0.05) is 12.1 Å². The molecule has 1 fully saturated rings. The van der Waals surface area contributed by atoms with Crippen molar-refractivity contribution in [3.05, 3.63) is 53.3 Å². The van der Waals surface area contributed by atoms with Crippen LogP contribution in [0.15, 0.2) is 36.7 Å². The van der Waals surface area contributed by atoms with Gasteiger partial charge in [0.25, 0.3) is 5.91 Å². The molecule has 1 saturated heterocycles. The van der Waals surface area contributed by atoms with Gasteiger partial charge < -0.3 is 9.47 Å². The summed E-state index contributed by atoms with van der Waals surface area (Å²) in [5.41, 5.74) is 1.32. The van der Waals surface area contributed by atoms with Crippen LogP contribution in [-0.2, 0) is 10.5 Å². The topological polar surface area (TPSA) is 64.6 Å². The number of nitrogens with zero attached hydrogens (tertiary/aromatic N) is 3. The fourth-order valence-corrected chi connectivity index (χ4v) is 3.11. The molecule has 3 heterocycles. The summed E-state index contributed by atoms with van der Waals surface area (Å²) in [6.45, 7) is 1.05. The predicted molar refractivity (Wildman–Crippen MR) is 72.8 cm³/mol. The molecule has 21 heavy (non-hydrogen) atoms. The maximum atomic E-state index is 12.5. The molecule has 2 aliphatic rings. The van der Waals surface area contributed by atoms with Crippen molar-refractivity contribution >= 4 is 5.91 Å². The fourth-order valence-electron chi connectivity index (χ4n) is 3.11. The Hall–Kier alpha value is -2.47. The first-order valence-electron chi connectivity index (χ1n) is 6.69. The summed E-state index contributed by atoms with van der Waals surface area (Å²) in [5.74, 6) is 0.699. The molecule has 1 atom stereocenters. The highest BCUT2D eigenvalue weighted by molar-refractivity contribution is 6.00. The summed E-state index contributed by atoms with van der Waals surface area (Å²) in [4.78, 5) is 14.3. The van der Waals surface area contributed by atoms with Crippen LogP contribution in [0.3, 0.4) is 0 Å². The number of hydrogen-bond donors (Lipinski definition) is 0. The predicted octanol–water partition coefficient (Wildman–Crippen LogP) is 1.17. The van der Waals surface area contributed by atoms with Gasteiger partial charge in [0.2, 0.25) is 0 Å². The third-order valence-corrected chi connectivity index (χ3v) is 4.06. The van der Waals surface area contributed by atoms with Gasteiger partial charge in [0, 0.05) is 17.7 Å². The Labute approximate surface area is 121 Å². The average molecular weight is 283 g/mol. The molecule has 0 saturated carbocycles. The molecule has 1 amide bonds. The molecule has 106 valence electrons. The maximum absolute atomic E-state index is 12.5. The monoisotopic (exact) mass is 283 g/mol. The minimum atomic E-state index is -0.880. The Bertz CT molecular complexity index is 716. The van der Waals surface area contributed by atoms with E-state index in [0.717, 1.165) is 16.9 Å². The largest absolute Gasteiger partial charge is 0.497 e. The number of methoxy groups -OCH3 is 1. The summed E-state index contributed by atoms with van der Waals surface area (Å²) >= 11 is 0. The Morgan fingerprint density at radius 1 is 1.24 bits per heavy atom. The summed E-state index contributed by atoms with van der Waals surface area (Å²) in [6, 6.07) is 7.56. The smallest absolute Gasteiger partial charge is 0.258 e. The van der Waals surface area contributed by atoms with Crippen molar-refractivity contribution in [2.24, 2.45) is 0 Å². The van der Waals surface area contributed by atoms with Crippen molar-refractivity contribution < 1.29 is 14.3 Å². The van der Waals surface area contributed by atoms with Crippen molar-refractivity contribution in [1.29, 1.82) is 0 Å². The third-order valence-electron chi connectivity index (χ3n) is 4.06. The molecule has 0 unspecified atom stereocenters. The zero-order chi connectivity index (χ0) is 14.4. The zero-order valence-electron chi connectivity index (χ0n) is 11.4. The first-order chi connectivity index (χ1) is 10.3. The Balaban J connectivity index is 1.93. The fraction of sp³-hybridized carbons (Fsp3) is 0.267. The van der Waals surface area contributed by atoms with Crippen LogP contribution >= 0.6 is 0 Å². The Morgan fingerprint density at radius 2 is 2.00 bits per heavy atom. The summed E-state index contributed by atoms with van der Waals surface area (Å²) < 4.78 is 11.2. The van der Waals surface area contributed by atoms with E-state index >= 15 is 0 Å². The highest BCUT2D eigenvalue weighted by atomic mass is 16.5. The number of ether oxygens (including phenoxy) is 2. The van der Waals surface area contributed by atoms with Crippen LogP contribution in [0.4, 0.5) is 0 Å². The first-order valence-corrected chi connectivity index (χ1v) is 6.69. The number of aromatic nitrogens is 2. The molecule has 0 bridgehead atoms. The number of carbonyl (C=O) groups excluding carboxylic acids is 1. The van der Waals surface area contributed by atoms with Crippen LogP contribution in [0, 0.1) is 0 Å². The molecule has 0 spiro atoms. The van der Waals surface area contributed by atoms with Gasteiger partial charge >= 0.3 is 0 Å². The summed E-state index contributed by atoms with van der Waals surface area (Å²) in [6.07, 6.45) is 3.12. The number of carbonyl (C=O) groups is 1. The van der Waals surface area contributed by atoms with E-state index in [1.165, 1.54) is 6.20 Å². The molecule has 0 N–H and O–H groups in total. The van der Waals surface area contributed by atoms with E-state index in [9.17, 15) is 4.79 Å². The molecule has 0 aliphatic carbocycles. The standard InChI is InChI=1S/C15H13N3O3/c1-20-11-4-2-10(3-5-11)15-13-9-17-16-8-12(13)14(19)18(15)6-7-21-15/h2-5,8-9H,6-7H2,1H3/t15-/m1/s1. The van der Waals surface area contributed by atoms with Crippen LogP contribution in [0.1, 0.15) is 21.5 Å². The average Bonchev–Trinajstić information content (AvgIpc) is 3.08. The summed E-state index contributed by atoms with van der Waals surface area (Å²) in [5, 5.41) is 7.74. The van der Waals surface area contributed by atoms with E-state index in [0.29, 0.717) is 18.7 Å². The lowest BCUT2D eigenvalue weighted by Gasteiger charge is -2.31. The highest BCUT2D eigenvalue weighted by Crippen LogP contribution is 2.47. The second-order valence-electron chi connectivity index (χ2n) is 4.99. The molecule has 1 aromatic carbocycles. The lowest BCUT2D eigenvalue weighted by Crippen LogP contribution is -2.40. The Morgan fingerprint density at radius 3 is 2.76 bits per heavy atom. The van der Waals surface area contributed by atoms with Crippen molar-refractivity contribution in [3.8, 4) is 5.75 Å². The van der Waals surface area contributed by atoms with Crippen LogP contribution in [0.2, 0.25) is 0 Å². The minimum absolute atomic E-state index is 0.0618. The first kappa shape index (κ1) is 12.3. The molecule has 6 nitrogen and oxygen atoms in total. The van der Waals surface area contributed by atoms with Crippen molar-refractivity contribution in [3.63, 3.8) is 0 Å². The molecule has 2 aliphatic heterocycles. The van der Waals surface area contributed by atoms with E-state index in [-0.39, 0.29) is 5.91 Å². The second-order valence-corrected chi connectivity index (χ2v) is 4.99. The van der Waals surface area contributed by atoms with Gasteiger partial charge in [-0.3, -0.25) is 9.69 Å². The van der Waals surface area contributed by atoms with Crippen molar-refractivity contribution in [2.45, 2.75) is 5.72 Å². The number of rotatable bonds is 2. The summed E-state index contributed by atoms with van der Waals surface area (Å²) in [7, 11) is 1.62. The lowest BCUT2D eigenvalue weighted by atomic mass is 9.96. The minimum Gasteiger partial charge on any atom is -0.497 e. The van der Waals surface area contributed by atoms with Gasteiger partial charge in [-0.15, -0.1) is 0 Å². The molecule has 0 radical (unpaired) electrons. The number of amides is 1. The van der Waals surface area contributed by atoms with Crippen molar-refractivity contribution in [2.75, 3.05) is 20.3 Å². The Kier molecular flexibility index (Phi) is 2.49. The molecular formula is C15H13N3O3. The molecule has 2 aromatic rings. The number of hydrogen-bond acceptors (Lipinski definition) is 5. The van der Waals surface area contributed by atoms with Gasteiger partial charge in [-0.05, 0) is 12.1 Å². The second kappa shape index (κ2) is 4.26. The zero-order valence-corrected chi connectivity index (χ0v) is 11.4. The van der Waals surface area contributed by atoms with Gasteiger partial charge in [0.05, 0.1) is 31.7 Å². The van der Waals surface area contributed by atoms with E-state index in [2.05, 4.69) is 10.2 Å². The van der Waals surface area contributed by atoms with Gasteiger partial charge in [0.1, 0.15) is 5.75 Å². The normalized spacial score (nSPS) is 23.1. The van der Waals surface area contributed by atoms with E-state index < -0.39 is 5.72 Å². The maximum Gasteiger partial charge on any atom is 0.258 e. The molecule has 6 heteroatoms. The number of fused-ring (bicyclic) bond motifs is 3. The van der Waals surface area contributed by atoms with Crippen LogP contribution in [0.25, 0.3) is 0 Å². The van der Waals surface area contributed by atoms with Gasteiger partial charge in [-0.25, -0.2) is 0 Å². The van der Waals surface area contributed by atoms with Gasteiger partial charge in [-0.2, -0.15) is 10.2 Å². The molecule has 1 aromatic heterocycles.